The fraction of sp³-hybridized carbons (Fsp3) is 0.238. The summed E-state index contributed by atoms with van der Waals surface area (Å²) < 4.78 is 11.0. The molecule has 4 rings (SSSR count). The van der Waals surface area contributed by atoms with E-state index in [0.717, 1.165) is 28.1 Å². The van der Waals surface area contributed by atoms with Crippen molar-refractivity contribution in [2.75, 3.05) is 13.7 Å². The first-order chi connectivity index (χ1) is 12.8. The second kappa shape index (κ2) is 7.14. The Morgan fingerprint density at radius 1 is 1.12 bits per heavy atom. The number of fused-ring (bicyclic) bond motifs is 1. The monoisotopic (exact) mass is 348 g/mol. The SMILES string of the molecule is COC(C(=O)N1CCc2onc(-c3ccccc3)c2C1)c1ccccc1. The molecule has 5 nitrogen and oxygen atoms in total. The van der Waals surface area contributed by atoms with Crippen molar-refractivity contribution in [2.24, 2.45) is 0 Å². The van der Waals surface area contributed by atoms with Crippen LogP contribution in [-0.4, -0.2) is 29.6 Å². The van der Waals surface area contributed by atoms with E-state index in [1.54, 1.807) is 7.11 Å². The van der Waals surface area contributed by atoms with Crippen LogP contribution in [0.15, 0.2) is 65.2 Å². The number of ether oxygens (including phenoxy) is 1. The molecule has 1 aliphatic heterocycles. The van der Waals surface area contributed by atoms with E-state index < -0.39 is 6.10 Å². The highest BCUT2D eigenvalue weighted by molar-refractivity contribution is 5.83. The summed E-state index contributed by atoms with van der Waals surface area (Å²) in [4.78, 5) is 14.9. The smallest absolute Gasteiger partial charge is 0.256 e. The molecule has 0 N–H and O–H groups in total. The van der Waals surface area contributed by atoms with Crippen molar-refractivity contribution < 1.29 is 14.1 Å². The zero-order valence-corrected chi connectivity index (χ0v) is 14.6. The second-order valence-electron chi connectivity index (χ2n) is 6.34. The Morgan fingerprint density at radius 3 is 2.50 bits per heavy atom. The molecule has 0 bridgehead atoms. The van der Waals surface area contributed by atoms with Crippen LogP contribution in [0.4, 0.5) is 0 Å². The molecule has 3 aromatic rings. The first-order valence-corrected chi connectivity index (χ1v) is 8.67. The number of rotatable bonds is 4. The maximum Gasteiger partial charge on any atom is 0.256 e. The van der Waals surface area contributed by atoms with Crippen molar-refractivity contribution in [2.45, 2.75) is 19.1 Å². The number of benzene rings is 2. The van der Waals surface area contributed by atoms with Crippen LogP contribution in [0.1, 0.15) is 23.0 Å². The summed E-state index contributed by atoms with van der Waals surface area (Å²) >= 11 is 0. The van der Waals surface area contributed by atoms with Gasteiger partial charge in [0.25, 0.3) is 5.91 Å². The Labute approximate surface area is 152 Å². The van der Waals surface area contributed by atoms with E-state index in [2.05, 4.69) is 5.16 Å². The van der Waals surface area contributed by atoms with Crippen molar-refractivity contribution >= 4 is 5.91 Å². The molecule has 0 saturated carbocycles. The fourth-order valence-corrected chi connectivity index (χ4v) is 3.39. The first kappa shape index (κ1) is 16.5. The number of hydrogen-bond acceptors (Lipinski definition) is 4. The molecule has 0 spiro atoms. The number of nitrogens with zero attached hydrogens (tertiary/aromatic N) is 2. The topological polar surface area (TPSA) is 55.6 Å². The standard InChI is InChI=1S/C21H20N2O3/c1-25-20(16-10-6-3-7-11-16)21(24)23-13-12-18-17(14-23)19(22-26-18)15-8-4-2-5-9-15/h2-11,20H,12-14H2,1H3. The molecule has 1 amide bonds. The minimum atomic E-state index is -0.599. The average Bonchev–Trinajstić information content (AvgIpc) is 3.13. The average molecular weight is 348 g/mol. The fourth-order valence-electron chi connectivity index (χ4n) is 3.39. The summed E-state index contributed by atoms with van der Waals surface area (Å²) in [5.41, 5.74) is 3.66. The first-order valence-electron chi connectivity index (χ1n) is 8.67. The molecule has 0 saturated heterocycles. The molecule has 1 unspecified atom stereocenters. The third-order valence-corrected chi connectivity index (χ3v) is 4.75. The van der Waals surface area contributed by atoms with Gasteiger partial charge in [0.2, 0.25) is 0 Å². The highest BCUT2D eigenvalue weighted by Gasteiger charge is 2.31. The molecular weight excluding hydrogens is 328 g/mol. The molecule has 0 aliphatic carbocycles. The third-order valence-electron chi connectivity index (χ3n) is 4.75. The van der Waals surface area contributed by atoms with Crippen molar-refractivity contribution in [3.8, 4) is 11.3 Å². The summed E-state index contributed by atoms with van der Waals surface area (Å²) in [6.07, 6.45) is 0.0596. The lowest BCUT2D eigenvalue weighted by Gasteiger charge is -2.29. The van der Waals surface area contributed by atoms with Crippen LogP contribution in [0.5, 0.6) is 0 Å². The van der Waals surface area contributed by atoms with Crippen molar-refractivity contribution in [1.82, 2.24) is 10.1 Å². The Hall–Kier alpha value is -2.92. The van der Waals surface area contributed by atoms with E-state index >= 15 is 0 Å². The van der Waals surface area contributed by atoms with Gasteiger partial charge in [0.15, 0.2) is 6.10 Å². The molecule has 2 heterocycles. The van der Waals surface area contributed by atoms with Gasteiger partial charge in [-0.2, -0.15) is 0 Å². The lowest BCUT2D eigenvalue weighted by molar-refractivity contribution is -0.143. The van der Waals surface area contributed by atoms with E-state index in [4.69, 9.17) is 9.26 Å². The summed E-state index contributed by atoms with van der Waals surface area (Å²) in [5, 5.41) is 4.24. The van der Waals surface area contributed by atoms with Gasteiger partial charge >= 0.3 is 0 Å². The molecule has 2 aromatic carbocycles. The lowest BCUT2D eigenvalue weighted by Crippen LogP contribution is -2.39. The highest BCUT2D eigenvalue weighted by atomic mass is 16.5. The summed E-state index contributed by atoms with van der Waals surface area (Å²) in [6, 6.07) is 19.5. The molecule has 1 atom stereocenters. The predicted octanol–water partition coefficient (Wildman–Crippen LogP) is 3.61. The van der Waals surface area contributed by atoms with Gasteiger partial charge in [0.1, 0.15) is 11.5 Å². The van der Waals surface area contributed by atoms with Crippen LogP contribution < -0.4 is 0 Å². The molecular formula is C21H20N2O3. The predicted molar refractivity (Wildman–Crippen MR) is 97.3 cm³/mol. The Morgan fingerprint density at radius 2 is 1.81 bits per heavy atom. The van der Waals surface area contributed by atoms with E-state index in [9.17, 15) is 4.79 Å². The van der Waals surface area contributed by atoms with Gasteiger partial charge in [-0.05, 0) is 5.56 Å². The number of amides is 1. The Bertz CT molecular complexity index is 890. The molecule has 0 fully saturated rings. The number of carbonyl (C=O) groups is 1. The number of carbonyl (C=O) groups excluding carboxylic acids is 1. The normalized spacial score (nSPS) is 14.7. The van der Waals surface area contributed by atoms with Gasteiger partial charge in [-0.15, -0.1) is 0 Å². The molecule has 0 radical (unpaired) electrons. The molecule has 132 valence electrons. The Balaban J connectivity index is 1.60. The van der Waals surface area contributed by atoms with Crippen molar-refractivity contribution in [1.29, 1.82) is 0 Å². The maximum absolute atomic E-state index is 13.1. The van der Waals surface area contributed by atoms with E-state index in [1.165, 1.54) is 0 Å². The van der Waals surface area contributed by atoms with Crippen LogP contribution in [0.2, 0.25) is 0 Å². The summed E-state index contributed by atoms with van der Waals surface area (Å²) in [6.45, 7) is 1.08. The van der Waals surface area contributed by atoms with E-state index in [1.807, 2.05) is 65.6 Å². The Kier molecular flexibility index (Phi) is 4.54. The molecule has 1 aliphatic rings. The minimum absolute atomic E-state index is 0.0374. The maximum atomic E-state index is 13.1. The largest absolute Gasteiger partial charge is 0.367 e. The van der Waals surface area contributed by atoms with Gasteiger partial charge in [-0.1, -0.05) is 65.8 Å². The number of methoxy groups -OCH3 is 1. The number of hydrogen-bond donors (Lipinski definition) is 0. The van der Waals surface area contributed by atoms with Gasteiger partial charge in [-0.3, -0.25) is 4.79 Å². The van der Waals surface area contributed by atoms with E-state index in [0.29, 0.717) is 19.5 Å². The summed E-state index contributed by atoms with van der Waals surface area (Å²) in [5.74, 6) is 0.825. The molecule has 26 heavy (non-hydrogen) atoms. The zero-order chi connectivity index (χ0) is 17.9. The third kappa shape index (κ3) is 3.02. The highest BCUT2D eigenvalue weighted by Crippen LogP contribution is 2.31. The van der Waals surface area contributed by atoms with E-state index in [-0.39, 0.29) is 5.91 Å². The minimum Gasteiger partial charge on any atom is -0.367 e. The summed E-state index contributed by atoms with van der Waals surface area (Å²) in [7, 11) is 1.57. The van der Waals surface area contributed by atoms with Gasteiger partial charge in [0.05, 0.1) is 6.54 Å². The van der Waals surface area contributed by atoms with Gasteiger partial charge in [-0.25, -0.2) is 0 Å². The van der Waals surface area contributed by atoms with Crippen molar-refractivity contribution in [3.63, 3.8) is 0 Å². The van der Waals surface area contributed by atoms with Crippen LogP contribution in [0, 0.1) is 0 Å². The van der Waals surface area contributed by atoms with Crippen LogP contribution >= 0.6 is 0 Å². The number of aromatic nitrogens is 1. The zero-order valence-electron chi connectivity index (χ0n) is 14.6. The van der Waals surface area contributed by atoms with Crippen LogP contribution in [0.3, 0.4) is 0 Å². The van der Waals surface area contributed by atoms with Gasteiger partial charge in [0, 0.05) is 31.2 Å². The quantitative estimate of drug-likeness (QED) is 0.723. The molecule has 5 heteroatoms. The van der Waals surface area contributed by atoms with Crippen LogP contribution in [-0.2, 0) is 22.5 Å². The van der Waals surface area contributed by atoms with Crippen molar-refractivity contribution in [3.05, 3.63) is 77.6 Å². The molecule has 1 aromatic heterocycles. The van der Waals surface area contributed by atoms with Crippen LogP contribution in [0.25, 0.3) is 11.3 Å². The lowest BCUT2D eigenvalue weighted by atomic mass is 10.00. The van der Waals surface area contributed by atoms with Gasteiger partial charge < -0.3 is 14.2 Å². The second-order valence-corrected chi connectivity index (χ2v) is 6.34.